The molecular formula is C15H14Cl3NO. The van der Waals surface area contributed by atoms with E-state index in [1.165, 1.54) is 0 Å². The minimum atomic E-state index is -0.160. The summed E-state index contributed by atoms with van der Waals surface area (Å²) in [5, 5.41) is 1.87. The van der Waals surface area contributed by atoms with Gasteiger partial charge in [0.25, 0.3) is 0 Å². The zero-order valence-electron chi connectivity index (χ0n) is 10.7. The van der Waals surface area contributed by atoms with Gasteiger partial charge in [-0.25, -0.2) is 0 Å². The first-order valence-electron chi connectivity index (χ1n) is 6.12. The average Bonchev–Trinajstić information content (AvgIpc) is 2.40. The van der Waals surface area contributed by atoms with Crippen LogP contribution in [0.2, 0.25) is 15.1 Å². The third-order valence-electron chi connectivity index (χ3n) is 2.76. The van der Waals surface area contributed by atoms with Crippen LogP contribution >= 0.6 is 34.8 Å². The van der Waals surface area contributed by atoms with E-state index in [0.717, 1.165) is 5.56 Å². The first-order valence-corrected chi connectivity index (χ1v) is 7.26. The Kier molecular flexibility index (Phi) is 5.55. The summed E-state index contributed by atoms with van der Waals surface area (Å²) in [6.07, 6.45) is 0.622. The molecule has 5 heteroatoms. The number of benzene rings is 2. The maximum Gasteiger partial charge on any atom is 0.120 e. The van der Waals surface area contributed by atoms with Gasteiger partial charge in [-0.05, 0) is 42.3 Å². The molecule has 0 radical (unpaired) electrons. The van der Waals surface area contributed by atoms with Gasteiger partial charge in [-0.2, -0.15) is 0 Å². The van der Waals surface area contributed by atoms with Gasteiger partial charge in [-0.3, -0.25) is 0 Å². The van der Waals surface area contributed by atoms with Crippen molar-refractivity contribution >= 4 is 34.8 Å². The zero-order valence-corrected chi connectivity index (χ0v) is 12.9. The third kappa shape index (κ3) is 4.57. The number of ether oxygens (including phenoxy) is 1. The van der Waals surface area contributed by atoms with E-state index < -0.39 is 0 Å². The Labute approximate surface area is 133 Å². The molecular weight excluding hydrogens is 317 g/mol. The van der Waals surface area contributed by atoms with E-state index in [-0.39, 0.29) is 6.04 Å². The van der Waals surface area contributed by atoms with E-state index >= 15 is 0 Å². The molecule has 2 N–H and O–H groups in total. The molecule has 2 nitrogen and oxygen atoms in total. The molecule has 0 bridgehead atoms. The molecule has 1 atom stereocenters. The maximum absolute atomic E-state index is 6.11. The molecule has 20 heavy (non-hydrogen) atoms. The van der Waals surface area contributed by atoms with Crippen molar-refractivity contribution in [3.63, 3.8) is 0 Å². The molecule has 0 aliphatic heterocycles. The summed E-state index contributed by atoms with van der Waals surface area (Å²) in [6.45, 7) is 0.388. The van der Waals surface area contributed by atoms with Gasteiger partial charge in [0.05, 0.1) is 0 Å². The molecule has 0 fully saturated rings. The minimum Gasteiger partial charge on any atom is -0.492 e. The molecule has 0 aromatic heterocycles. The van der Waals surface area contributed by atoms with Crippen molar-refractivity contribution < 1.29 is 4.74 Å². The minimum absolute atomic E-state index is 0.160. The van der Waals surface area contributed by atoms with Gasteiger partial charge < -0.3 is 10.5 Å². The maximum atomic E-state index is 6.11. The molecule has 0 saturated heterocycles. The van der Waals surface area contributed by atoms with Crippen LogP contribution in [0, 0.1) is 0 Å². The number of rotatable bonds is 5. The van der Waals surface area contributed by atoms with Crippen molar-refractivity contribution in [2.45, 2.75) is 12.5 Å². The van der Waals surface area contributed by atoms with Crippen molar-refractivity contribution in [2.24, 2.45) is 5.73 Å². The largest absolute Gasteiger partial charge is 0.492 e. The third-order valence-corrected chi connectivity index (χ3v) is 3.58. The smallest absolute Gasteiger partial charge is 0.120 e. The highest BCUT2D eigenvalue weighted by atomic mass is 35.5. The quantitative estimate of drug-likeness (QED) is 0.870. The van der Waals surface area contributed by atoms with Gasteiger partial charge in [0.1, 0.15) is 12.4 Å². The highest BCUT2D eigenvalue weighted by Gasteiger charge is 2.09. The Bertz CT molecular complexity index is 589. The van der Waals surface area contributed by atoms with Gasteiger partial charge in [-0.1, -0.05) is 46.9 Å². The summed E-state index contributed by atoms with van der Waals surface area (Å²) in [4.78, 5) is 0. The Morgan fingerprint density at radius 2 is 1.75 bits per heavy atom. The van der Waals surface area contributed by atoms with Crippen LogP contribution in [-0.4, -0.2) is 12.6 Å². The number of hydrogen-bond donors (Lipinski definition) is 1. The molecule has 0 amide bonds. The molecule has 2 rings (SSSR count). The fraction of sp³-hybridized carbons (Fsp3) is 0.200. The first-order chi connectivity index (χ1) is 9.54. The van der Waals surface area contributed by atoms with E-state index in [1.54, 1.807) is 24.3 Å². The van der Waals surface area contributed by atoms with Crippen molar-refractivity contribution in [3.05, 3.63) is 63.1 Å². The SMILES string of the molecule is NC(COc1cccc(Cl)c1)Cc1ccc(Cl)cc1Cl. The van der Waals surface area contributed by atoms with Crippen LogP contribution in [0.3, 0.4) is 0 Å². The van der Waals surface area contributed by atoms with E-state index in [1.807, 2.05) is 18.2 Å². The Morgan fingerprint density at radius 1 is 1.00 bits per heavy atom. The van der Waals surface area contributed by atoms with Gasteiger partial charge >= 0.3 is 0 Å². The zero-order chi connectivity index (χ0) is 14.5. The van der Waals surface area contributed by atoms with Crippen LogP contribution in [0.15, 0.2) is 42.5 Å². The van der Waals surface area contributed by atoms with E-state index in [4.69, 9.17) is 45.3 Å². The van der Waals surface area contributed by atoms with E-state index in [2.05, 4.69) is 0 Å². The van der Waals surface area contributed by atoms with Crippen LogP contribution in [-0.2, 0) is 6.42 Å². The highest BCUT2D eigenvalue weighted by Crippen LogP contribution is 2.22. The molecule has 1 unspecified atom stereocenters. The second kappa shape index (κ2) is 7.19. The van der Waals surface area contributed by atoms with Gasteiger partial charge in [-0.15, -0.1) is 0 Å². The molecule has 0 aliphatic carbocycles. The molecule has 0 spiro atoms. The standard InChI is InChI=1S/C15H14Cl3NO/c16-11-2-1-3-14(7-11)20-9-13(19)6-10-4-5-12(17)8-15(10)18/h1-5,7-8,13H,6,9,19H2. The fourth-order valence-electron chi connectivity index (χ4n) is 1.79. The summed E-state index contributed by atoms with van der Waals surface area (Å²) in [5.74, 6) is 0.704. The molecule has 0 heterocycles. The number of nitrogens with two attached hydrogens (primary N) is 1. The van der Waals surface area contributed by atoms with Gasteiger partial charge in [0.15, 0.2) is 0 Å². The van der Waals surface area contributed by atoms with Crippen LogP contribution in [0.1, 0.15) is 5.56 Å². The first kappa shape index (κ1) is 15.5. The van der Waals surface area contributed by atoms with Crippen LogP contribution < -0.4 is 10.5 Å². The summed E-state index contributed by atoms with van der Waals surface area (Å²) >= 11 is 17.9. The molecule has 0 saturated carbocycles. The lowest BCUT2D eigenvalue weighted by Gasteiger charge is -2.14. The molecule has 0 aliphatic rings. The van der Waals surface area contributed by atoms with Crippen molar-refractivity contribution in [1.29, 1.82) is 0 Å². The lowest BCUT2D eigenvalue weighted by Crippen LogP contribution is -2.30. The Balaban J connectivity index is 1.90. The van der Waals surface area contributed by atoms with E-state index in [9.17, 15) is 0 Å². The average molecular weight is 331 g/mol. The van der Waals surface area contributed by atoms with Crippen molar-refractivity contribution in [1.82, 2.24) is 0 Å². The second-order valence-corrected chi connectivity index (χ2v) is 5.75. The van der Waals surface area contributed by atoms with Crippen LogP contribution in [0.4, 0.5) is 0 Å². The highest BCUT2D eigenvalue weighted by molar-refractivity contribution is 6.35. The second-order valence-electron chi connectivity index (χ2n) is 4.47. The molecule has 2 aromatic rings. The lowest BCUT2D eigenvalue weighted by atomic mass is 10.1. The predicted molar refractivity (Wildman–Crippen MR) is 85.1 cm³/mol. The molecule has 106 valence electrons. The fourth-order valence-corrected chi connectivity index (χ4v) is 2.45. The normalized spacial score (nSPS) is 12.2. The molecule has 2 aromatic carbocycles. The topological polar surface area (TPSA) is 35.2 Å². The van der Waals surface area contributed by atoms with E-state index in [0.29, 0.717) is 33.8 Å². The van der Waals surface area contributed by atoms with Crippen molar-refractivity contribution in [3.8, 4) is 5.75 Å². The Morgan fingerprint density at radius 3 is 2.45 bits per heavy atom. The Hall–Kier alpha value is -0.930. The van der Waals surface area contributed by atoms with Crippen LogP contribution in [0.25, 0.3) is 0 Å². The van der Waals surface area contributed by atoms with Crippen molar-refractivity contribution in [2.75, 3.05) is 6.61 Å². The predicted octanol–water partition coefficient (Wildman–Crippen LogP) is 4.60. The van der Waals surface area contributed by atoms with Gasteiger partial charge in [0.2, 0.25) is 0 Å². The number of hydrogen-bond acceptors (Lipinski definition) is 2. The lowest BCUT2D eigenvalue weighted by molar-refractivity contribution is 0.287. The number of halogens is 3. The van der Waals surface area contributed by atoms with Gasteiger partial charge in [0, 0.05) is 21.1 Å². The summed E-state index contributed by atoms with van der Waals surface area (Å²) < 4.78 is 5.61. The summed E-state index contributed by atoms with van der Waals surface area (Å²) in [7, 11) is 0. The monoisotopic (exact) mass is 329 g/mol. The summed E-state index contributed by atoms with van der Waals surface area (Å²) in [5.41, 5.74) is 7.01. The summed E-state index contributed by atoms with van der Waals surface area (Å²) in [6, 6.07) is 12.5. The van der Waals surface area contributed by atoms with Crippen LogP contribution in [0.5, 0.6) is 5.75 Å².